The standard InChI is InChI=1S/C17H15N3O2/c1-17(2)15(12-6-4-3-5-7-12)18-19-16(17)13-8-10-14(11-9-13)20(21)22/h3-11H,1-2H3. The SMILES string of the molecule is CC1(C)C(c2ccccc2)=NN=C1c1ccc([N+](=O)[O-])cc1. The fraction of sp³-hybridized carbons (Fsp3) is 0.176. The number of hydrogen-bond donors (Lipinski definition) is 0. The van der Waals surface area contributed by atoms with Crippen LogP contribution in [0.5, 0.6) is 0 Å². The first-order chi connectivity index (χ1) is 10.5. The van der Waals surface area contributed by atoms with Crippen LogP contribution in [0.1, 0.15) is 25.0 Å². The number of non-ortho nitro benzene ring substituents is 1. The van der Waals surface area contributed by atoms with E-state index in [1.165, 1.54) is 12.1 Å². The summed E-state index contributed by atoms with van der Waals surface area (Å²) in [5.41, 5.74) is 3.34. The van der Waals surface area contributed by atoms with E-state index >= 15 is 0 Å². The van der Waals surface area contributed by atoms with Crippen LogP contribution in [0.25, 0.3) is 0 Å². The Kier molecular flexibility index (Phi) is 3.33. The maximum Gasteiger partial charge on any atom is 0.269 e. The predicted octanol–water partition coefficient (Wildman–Crippen LogP) is 3.83. The smallest absolute Gasteiger partial charge is 0.258 e. The van der Waals surface area contributed by atoms with Crippen LogP contribution >= 0.6 is 0 Å². The summed E-state index contributed by atoms with van der Waals surface area (Å²) in [6, 6.07) is 16.4. The fourth-order valence-electron chi connectivity index (χ4n) is 2.64. The molecule has 0 N–H and O–H groups in total. The molecule has 0 spiro atoms. The van der Waals surface area contributed by atoms with Gasteiger partial charge in [-0.05, 0) is 37.1 Å². The minimum Gasteiger partial charge on any atom is -0.258 e. The minimum absolute atomic E-state index is 0.0735. The first-order valence-electron chi connectivity index (χ1n) is 6.97. The summed E-state index contributed by atoms with van der Waals surface area (Å²) >= 11 is 0. The second-order valence-corrected chi connectivity index (χ2v) is 5.69. The van der Waals surface area contributed by atoms with Crippen molar-refractivity contribution in [3.8, 4) is 0 Å². The van der Waals surface area contributed by atoms with E-state index in [-0.39, 0.29) is 11.1 Å². The first-order valence-corrected chi connectivity index (χ1v) is 6.97. The molecular weight excluding hydrogens is 278 g/mol. The normalized spacial score (nSPS) is 16.1. The molecule has 0 fully saturated rings. The number of nitro groups is 1. The number of benzene rings is 2. The summed E-state index contributed by atoms with van der Waals surface area (Å²) in [4.78, 5) is 10.3. The van der Waals surface area contributed by atoms with Crippen molar-refractivity contribution in [3.05, 3.63) is 75.8 Å². The highest BCUT2D eigenvalue weighted by Crippen LogP contribution is 2.33. The van der Waals surface area contributed by atoms with E-state index in [1.54, 1.807) is 12.1 Å². The molecule has 0 bridgehead atoms. The van der Waals surface area contributed by atoms with Gasteiger partial charge >= 0.3 is 0 Å². The number of rotatable bonds is 3. The highest BCUT2D eigenvalue weighted by molar-refractivity contribution is 6.25. The second-order valence-electron chi connectivity index (χ2n) is 5.69. The summed E-state index contributed by atoms with van der Waals surface area (Å²) in [5.74, 6) is 0. The van der Waals surface area contributed by atoms with Crippen LogP contribution in [-0.4, -0.2) is 16.3 Å². The fourth-order valence-corrected chi connectivity index (χ4v) is 2.64. The number of nitrogens with zero attached hydrogens (tertiary/aromatic N) is 3. The molecule has 0 unspecified atom stereocenters. The van der Waals surface area contributed by atoms with Crippen LogP contribution in [-0.2, 0) is 0 Å². The van der Waals surface area contributed by atoms with Gasteiger partial charge in [0.15, 0.2) is 0 Å². The largest absolute Gasteiger partial charge is 0.269 e. The Morgan fingerprint density at radius 3 is 1.86 bits per heavy atom. The third-order valence-electron chi connectivity index (χ3n) is 3.83. The zero-order valence-electron chi connectivity index (χ0n) is 12.4. The van der Waals surface area contributed by atoms with E-state index in [0.717, 1.165) is 22.6 Å². The Balaban J connectivity index is 1.93. The summed E-state index contributed by atoms with van der Waals surface area (Å²) < 4.78 is 0. The topological polar surface area (TPSA) is 67.9 Å². The molecule has 1 aliphatic rings. The Morgan fingerprint density at radius 1 is 0.864 bits per heavy atom. The number of nitro benzene ring substituents is 1. The molecule has 5 heteroatoms. The Labute approximate surface area is 128 Å². The average Bonchev–Trinajstić information content (AvgIpc) is 2.83. The van der Waals surface area contributed by atoms with E-state index < -0.39 is 4.92 Å². The van der Waals surface area contributed by atoms with Gasteiger partial charge in [-0.15, -0.1) is 0 Å². The van der Waals surface area contributed by atoms with Gasteiger partial charge in [0.1, 0.15) is 0 Å². The van der Waals surface area contributed by atoms with Crippen molar-refractivity contribution in [2.75, 3.05) is 0 Å². The summed E-state index contributed by atoms with van der Waals surface area (Å²) in [7, 11) is 0. The molecule has 110 valence electrons. The van der Waals surface area contributed by atoms with E-state index in [4.69, 9.17) is 0 Å². The molecule has 22 heavy (non-hydrogen) atoms. The van der Waals surface area contributed by atoms with Crippen LogP contribution in [0.2, 0.25) is 0 Å². The zero-order valence-corrected chi connectivity index (χ0v) is 12.4. The lowest BCUT2D eigenvalue weighted by atomic mass is 9.77. The molecule has 0 aromatic heterocycles. The highest BCUT2D eigenvalue weighted by atomic mass is 16.6. The van der Waals surface area contributed by atoms with Crippen molar-refractivity contribution in [2.45, 2.75) is 13.8 Å². The maximum atomic E-state index is 10.8. The predicted molar refractivity (Wildman–Crippen MR) is 86.4 cm³/mol. The lowest BCUT2D eigenvalue weighted by molar-refractivity contribution is -0.384. The van der Waals surface area contributed by atoms with Gasteiger partial charge in [0.25, 0.3) is 5.69 Å². The molecule has 0 aliphatic carbocycles. The van der Waals surface area contributed by atoms with Gasteiger partial charge in [0.05, 0.1) is 21.8 Å². The van der Waals surface area contributed by atoms with Crippen molar-refractivity contribution in [1.29, 1.82) is 0 Å². The Bertz CT molecular complexity index is 775. The Morgan fingerprint density at radius 2 is 1.36 bits per heavy atom. The summed E-state index contributed by atoms with van der Waals surface area (Å²) in [6.45, 7) is 4.12. The molecule has 0 radical (unpaired) electrons. The summed E-state index contributed by atoms with van der Waals surface area (Å²) in [6.07, 6.45) is 0. The van der Waals surface area contributed by atoms with E-state index in [0.29, 0.717) is 0 Å². The van der Waals surface area contributed by atoms with Crippen LogP contribution < -0.4 is 0 Å². The average molecular weight is 293 g/mol. The highest BCUT2D eigenvalue weighted by Gasteiger charge is 2.37. The van der Waals surface area contributed by atoms with Crippen LogP contribution in [0.3, 0.4) is 0 Å². The van der Waals surface area contributed by atoms with Gasteiger partial charge in [-0.1, -0.05) is 30.3 Å². The van der Waals surface area contributed by atoms with Crippen molar-refractivity contribution in [3.63, 3.8) is 0 Å². The molecule has 0 saturated carbocycles. The molecule has 2 aromatic rings. The molecule has 0 saturated heterocycles. The van der Waals surface area contributed by atoms with Gasteiger partial charge in [0, 0.05) is 12.1 Å². The zero-order chi connectivity index (χ0) is 15.7. The summed E-state index contributed by atoms with van der Waals surface area (Å²) in [5, 5.41) is 19.4. The maximum absolute atomic E-state index is 10.8. The van der Waals surface area contributed by atoms with Gasteiger partial charge in [-0.25, -0.2) is 0 Å². The van der Waals surface area contributed by atoms with Crippen molar-refractivity contribution in [1.82, 2.24) is 0 Å². The van der Waals surface area contributed by atoms with E-state index in [2.05, 4.69) is 24.1 Å². The molecule has 5 nitrogen and oxygen atoms in total. The van der Waals surface area contributed by atoms with Crippen LogP contribution in [0.15, 0.2) is 64.8 Å². The monoisotopic (exact) mass is 293 g/mol. The third kappa shape index (κ3) is 2.30. The van der Waals surface area contributed by atoms with Gasteiger partial charge in [-0.3, -0.25) is 10.1 Å². The van der Waals surface area contributed by atoms with Crippen molar-refractivity contribution in [2.24, 2.45) is 15.6 Å². The van der Waals surface area contributed by atoms with Crippen molar-refractivity contribution >= 4 is 17.1 Å². The quantitative estimate of drug-likeness (QED) is 0.637. The Hall–Kier alpha value is -2.82. The van der Waals surface area contributed by atoms with Crippen molar-refractivity contribution < 1.29 is 4.92 Å². The van der Waals surface area contributed by atoms with E-state index in [9.17, 15) is 10.1 Å². The minimum atomic E-state index is -0.405. The van der Waals surface area contributed by atoms with Crippen LogP contribution in [0.4, 0.5) is 5.69 Å². The molecule has 1 heterocycles. The lowest BCUT2D eigenvalue weighted by Crippen LogP contribution is -2.31. The van der Waals surface area contributed by atoms with E-state index in [1.807, 2.05) is 30.3 Å². The lowest BCUT2D eigenvalue weighted by Gasteiger charge is -2.23. The molecule has 1 aliphatic heterocycles. The molecule has 3 rings (SSSR count). The first kappa shape index (κ1) is 14.1. The molecule has 0 amide bonds. The molecule has 2 aromatic carbocycles. The molecule has 0 atom stereocenters. The van der Waals surface area contributed by atoms with Gasteiger partial charge in [-0.2, -0.15) is 10.2 Å². The van der Waals surface area contributed by atoms with Crippen LogP contribution in [0, 0.1) is 15.5 Å². The van der Waals surface area contributed by atoms with Gasteiger partial charge in [0.2, 0.25) is 0 Å². The second kappa shape index (κ2) is 5.18. The number of hydrogen-bond acceptors (Lipinski definition) is 4. The van der Waals surface area contributed by atoms with Gasteiger partial charge < -0.3 is 0 Å². The molecular formula is C17H15N3O2. The third-order valence-corrected chi connectivity index (χ3v) is 3.83.